The van der Waals surface area contributed by atoms with E-state index in [1.54, 1.807) is 11.3 Å². The number of thiophene rings is 2. The first-order valence-corrected chi connectivity index (χ1v) is 14.3. The maximum absolute atomic E-state index is 13.8. The second kappa shape index (κ2) is 11.0. The van der Waals surface area contributed by atoms with E-state index in [9.17, 15) is 9.59 Å². The molecule has 3 saturated heterocycles. The Labute approximate surface area is 231 Å². The summed E-state index contributed by atoms with van der Waals surface area (Å²) in [7, 11) is 0. The normalized spacial score (nSPS) is 23.2. The number of Topliss-reactive ketones (excluding diaryl/α,β-unsaturated/α-hetero) is 1. The number of hydrogen-bond donors (Lipinski definition) is 1. The molecule has 3 aliphatic heterocycles. The molecule has 0 amide bonds. The van der Waals surface area contributed by atoms with E-state index in [1.807, 2.05) is 60.0 Å². The van der Waals surface area contributed by atoms with Gasteiger partial charge in [0.1, 0.15) is 13.1 Å². The van der Waals surface area contributed by atoms with Gasteiger partial charge in [-0.15, -0.1) is 22.7 Å². The minimum atomic E-state index is -0.597. The number of hydrogen-bond acceptors (Lipinski definition) is 6. The van der Waals surface area contributed by atoms with Crippen molar-refractivity contribution in [3.05, 3.63) is 87.9 Å². The molecule has 192 valence electrons. The molecule has 2 atom stereocenters. The number of fused-ring (bicyclic) bond motifs is 4. The molecule has 1 N–H and O–H groups in total. The second-order valence-electron chi connectivity index (χ2n) is 9.97. The van der Waals surface area contributed by atoms with Crippen LogP contribution < -0.4 is 17.7 Å². The van der Waals surface area contributed by atoms with Gasteiger partial charge in [-0.05, 0) is 40.4 Å². The van der Waals surface area contributed by atoms with Gasteiger partial charge >= 0.3 is 5.97 Å². The number of halogens is 1. The van der Waals surface area contributed by atoms with Crippen LogP contribution >= 0.6 is 22.7 Å². The van der Waals surface area contributed by atoms with Gasteiger partial charge in [-0.2, -0.15) is 0 Å². The number of quaternary nitrogens is 1. The highest BCUT2D eigenvalue weighted by atomic mass is 35.5. The molecule has 0 saturated carbocycles. The predicted octanol–water partition coefficient (Wildman–Crippen LogP) is 3.16. The van der Waals surface area contributed by atoms with Crippen LogP contribution in [-0.2, 0) is 9.53 Å². The minimum absolute atomic E-state index is 0. The maximum Gasteiger partial charge on any atom is 0.333 e. The zero-order valence-corrected chi connectivity index (χ0v) is 22.7. The molecule has 2 aromatic carbocycles. The van der Waals surface area contributed by atoms with Crippen LogP contribution in [0, 0.1) is 5.92 Å². The number of anilines is 1. The third-order valence-electron chi connectivity index (χ3n) is 7.73. The third kappa shape index (κ3) is 5.32. The van der Waals surface area contributed by atoms with Gasteiger partial charge < -0.3 is 26.9 Å². The zero-order valence-electron chi connectivity index (χ0n) is 20.3. The van der Waals surface area contributed by atoms with Crippen molar-refractivity contribution in [2.75, 3.05) is 31.5 Å². The van der Waals surface area contributed by atoms with Crippen molar-refractivity contribution in [2.45, 2.75) is 25.0 Å². The second-order valence-corrected chi connectivity index (χ2v) is 11.8. The lowest BCUT2D eigenvalue weighted by atomic mass is 9.83. The van der Waals surface area contributed by atoms with E-state index in [1.165, 1.54) is 11.3 Å². The molecular weight excluding hydrogens is 524 g/mol. The summed E-state index contributed by atoms with van der Waals surface area (Å²) in [6.45, 7) is 3.17. The van der Waals surface area contributed by atoms with E-state index in [2.05, 4.69) is 22.8 Å². The lowest BCUT2D eigenvalue weighted by molar-refractivity contribution is -0.938. The molecule has 4 aromatic rings. The predicted molar refractivity (Wildman–Crippen MR) is 146 cm³/mol. The number of piperidine rings is 3. The van der Waals surface area contributed by atoms with Gasteiger partial charge in [-0.25, -0.2) is 4.79 Å². The Hall–Kier alpha value is -2.71. The van der Waals surface area contributed by atoms with Crippen LogP contribution in [0.15, 0.2) is 77.5 Å². The van der Waals surface area contributed by atoms with Gasteiger partial charge in [-0.1, -0.05) is 42.5 Å². The van der Waals surface area contributed by atoms with Gasteiger partial charge in [0.15, 0.2) is 12.1 Å². The first-order chi connectivity index (χ1) is 17.6. The number of esters is 1. The fraction of sp³-hybridized carbons (Fsp3) is 0.310. The Morgan fingerprint density at radius 3 is 2.49 bits per heavy atom. The largest absolute Gasteiger partial charge is 1.00 e. The Morgan fingerprint density at radius 1 is 0.973 bits per heavy atom. The average molecular weight is 553 g/mol. The smallest absolute Gasteiger partial charge is 0.333 e. The van der Waals surface area contributed by atoms with Crippen molar-refractivity contribution < 1.29 is 31.2 Å². The Balaban J connectivity index is 0.00000280. The van der Waals surface area contributed by atoms with Crippen LogP contribution in [0.3, 0.4) is 0 Å². The van der Waals surface area contributed by atoms with Crippen LogP contribution in [0.1, 0.15) is 34.1 Å². The number of nitrogens with one attached hydrogen (secondary N) is 1. The summed E-state index contributed by atoms with van der Waals surface area (Å²) in [6, 6.07) is 21.3. The highest BCUT2D eigenvalue weighted by Gasteiger charge is 2.49. The topological polar surface area (TPSA) is 55.4 Å². The standard InChI is InChI=1S/C29H29N2O3S2.ClH/c32-24(27-11-6-16-35-27)17-31-14-12-20(13-15-31)25(18-31)34-29(33)28(30-21-7-2-1-3-8-21)23-19-36-26-10-5-4-9-22(23)26;/h1-11,16,19-20,25,28,30H,12-15,17-18H2;1H/q+1;/p-1/t20?,25-,28+,31?;/m0./s1. The number of carbonyl (C=O) groups is 2. The summed E-state index contributed by atoms with van der Waals surface area (Å²) in [6.07, 6.45) is 1.82. The average Bonchev–Trinajstić information content (AvgIpc) is 3.59. The van der Waals surface area contributed by atoms with E-state index >= 15 is 0 Å². The number of ether oxygens (including phenoxy) is 1. The van der Waals surface area contributed by atoms with Crippen molar-refractivity contribution in [3.8, 4) is 0 Å². The van der Waals surface area contributed by atoms with Gasteiger partial charge in [-0.3, -0.25) is 4.79 Å². The molecule has 0 aliphatic carbocycles. The molecular formula is C29H29ClN2O3S2. The van der Waals surface area contributed by atoms with E-state index < -0.39 is 6.04 Å². The summed E-state index contributed by atoms with van der Waals surface area (Å²) < 4.78 is 8.19. The van der Waals surface area contributed by atoms with Gasteiger partial charge in [0.05, 0.1) is 18.0 Å². The molecule has 3 fully saturated rings. The summed E-state index contributed by atoms with van der Waals surface area (Å²) in [5.74, 6) is 0.315. The van der Waals surface area contributed by atoms with Crippen LogP contribution in [0.4, 0.5) is 5.69 Å². The van der Waals surface area contributed by atoms with Crippen molar-refractivity contribution in [1.82, 2.24) is 0 Å². The molecule has 0 unspecified atom stereocenters. The molecule has 8 heteroatoms. The quantitative estimate of drug-likeness (QED) is 0.207. The monoisotopic (exact) mass is 552 g/mol. The van der Waals surface area contributed by atoms with E-state index in [0.717, 1.165) is 63.2 Å². The summed E-state index contributed by atoms with van der Waals surface area (Å²) in [4.78, 5) is 27.6. The highest BCUT2D eigenvalue weighted by Crippen LogP contribution is 2.38. The summed E-state index contributed by atoms with van der Waals surface area (Å²) >= 11 is 3.15. The summed E-state index contributed by atoms with van der Waals surface area (Å²) in [5.41, 5.74) is 1.83. The first kappa shape index (κ1) is 25.9. The van der Waals surface area contributed by atoms with Crippen LogP contribution in [0.2, 0.25) is 0 Å². The maximum atomic E-state index is 13.8. The van der Waals surface area contributed by atoms with Crippen LogP contribution in [-0.4, -0.2) is 48.5 Å². The van der Waals surface area contributed by atoms with Crippen molar-refractivity contribution >= 4 is 50.2 Å². The number of benzene rings is 2. The Bertz CT molecular complexity index is 1360. The number of carbonyl (C=O) groups excluding carboxylic acids is 2. The van der Waals surface area contributed by atoms with Gasteiger partial charge in [0.25, 0.3) is 0 Å². The lowest BCUT2D eigenvalue weighted by Gasteiger charge is -2.51. The fourth-order valence-electron chi connectivity index (χ4n) is 5.80. The molecule has 2 bridgehead atoms. The van der Waals surface area contributed by atoms with Crippen LogP contribution in [0.5, 0.6) is 0 Å². The van der Waals surface area contributed by atoms with Gasteiger partial charge in [0, 0.05) is 34.7 Å². The SMILES string of the molecule is O=C(C[N+]12CCC(CC1)[C@@H](OC(=O)[C@H](Nc1ccccc1)c1csc3ccccc13)C2)c1cccs1.[Cl-]. The molecule has 7 rings (SSSR count). The van der Waals surface area contributed by atoms with Crippen molar-refractivity contribution in [3.63, 3.8) is 0 Å². The third-order valence-corrected chi connectivity index (χ3v) is 9.62. The summed E-state index contributed by atoms with van der Waals surface area (Å²) in [5, 5.41) is 8.54. The van der Waals surface area contributed by atoms with E-state index in [-0.39, 0.29) is 30.3 Å². The van der Waals surface area contributed by atoms with Crippen LogP contribution in [0.25, 0.3) is 10.1 Å². The Kier molecular flexibility index (Phi) is 7.67. The minimum Gasteiger partial charge on any atom is -1.00 e. The van der Waals surface area contributed by atoms with Crippen molar-refractivity contribution in [1.29, 1.82) is 0 Å². The molecule has 2 aromatic heterocycles. The number of para-hydroxylation sites is 1. The van der Waals surface area contributed by atoms with E-state index in [0.29, 0.717) is 12.5 Å². The lowest BCUT2D eigenvalue weighted by Crippen LogP contribution is -3.00. The molecule has 0 spiro atoms. The zero-order chi connectivity index (χ0) is 24.5. The molecule has 3 aliphatic rings. The van der Waals surface area contributed by atoms with E-state index in [4.69, 9.17) is 4.74 Å². The fourth-order valence-corrected chi connectivity index (χ4v) is 7.44. The first-order valence-electron chi connectivity index (χ1n) is 12.5. The number of ketones is 1. The molecule has 0 radical (unpaired) electrons. The number of rotatable bonds is 8. The molecule has 5 nitrogen and oxygen atoms in total. The molecule has 37 heavy (non-hydrogen) atoms. The highest BCUT2D eigenvalue weighted by molar-refractivity contribution is 7.17. The van der Waals surface area contributed by atoms with Crippen molar-refractivity contribution in [2.24, 2.45) is 5.92 Å². The number of nitrogens with zero attached hydrogens (tertiary/aromatic N) is 1. The van der Waals surface area contributed by atoms with Gasteiger partial charge in [0.2, 0.25) is 5.78 Å². The Morgan fingerprint density at radius 2 is 1.73 bits per heavy atom. The molecule has 5 heterocycles.